The maximum atomic E-state index is 12.8. The average molecular weight is 228 g/mol. The summed E-state index contributed by atoms with van der Waals surface area (Å²) in [7, 11) is 1.35. The van der Waals surface area contributed by atoms with Crippen LogP contribution >= 0.6 is 0 Å². The van der Waals surface area contributed by atoms with E-state index in [2.05, 4.69) is 24.2 Å². The van der Waals surface area contributed by atoms with Gasteiger partial charge in [-0.25, -0.2) is 0 Å². The minimum atomic E-state index is -0.630. The minimum Gasteiger partial charge on any atom is -0.352 e. The molecule has 0 aromatic carbocycles. The molecule has 3 nitrogen and oxygen atoms in total. The van der Waals surface area contributed by atoms with Crippen LogP contribution in [0, 0.1) is 5.92 Å². The van der Waals surface area contributed by atoms with Gasteiger partial charge in [0.2, 0.25) is 11.9 Å². The first kappa shape index (κ1) is 14.8. The summed E-state index contributed by atoms with van der Waals surface area (Å²) in [5, 5.41) is 2.77. The molecule has 1 unspecified atom stereocenters. The summed E-state index contributed by atoms with van der Waals surface area (Å²) in [6, 6.07) is 0. The van der Waals surface area contributed by atoms with Crippen LogP contribution in [0.1, 0.15) is 33.6 Å². The molecule has 1 amide bonds. The predicted octanol–water partition coefficient (Wildman–Crippen LogP) is 2.48. The first-order valence-corrected chi connectivity index (χ1v) is 5.60. The highest BCUT2D eigenvalue weighted by Gasteiger charge is 2.07. The number of aliphatic imine (C=N–C) groups is 1. The zero-order valence-electron chi connectivity index (χ0n) is 10.5. The molecule has 0 aliphatic carbocycles. The maximum Gasteiger partial charge on any atom is 0.247 e. The fourth-order valence-electron chi connectivity index (χ4n) is 1.31. The number of amides is 1. The van der Waals surface area contributed by atoms with Crippen molar-refractivity contribution in [1.82, 2.24) is 5.32 Å². The summed E-state index contributed by atoms with van der Waals surface area (Å²) >= 11 is 0. The second kappa shape index (κ2) is 8.02. The Bertz CT molecular complexity index is 285. The van der Waals surface area contributed by atoms with Crippen molar-refractivity contribution in [3.8, 4) is 0 Å². The van der Waals surface area contributed by atoms with Gasteiger partial charge in [0.1, 0.15) is 0 Å². The van der Waals surface area contributed by atoms with Crippen molar-refractivity contribution in [3.63, 3.8) is 0 Å². The maximum absolute atomic E-state index is 12.8. The largest absolute Gasteiger partial charge is 0.352 e. The van der Waals surface area contributed by atoms with Crippen molar-refractivity contribution in [1.29, 1.82) is 0 Å². The molecule has 16 heavy (non-hydrogen) atoms. The van der Waals surface area contributed by atoms with Crippen LogP contribution in [-0.2, 0) is 4.79 Å². The standard InChI is InChI=1S/C12H21FN2O/c1-5-6-9(2)8-15-12(16)10(3)7-11(13)14-4/h7,9H,5-6,8H2,1-4H3,(H,15,16)/b10-7+,14-11?. The number of nitrogens with zero attached hydrogens (tertiary/aromatic N) is 1. The van der Waals surface area contributed by atoms with E-state index in [4.69, 9.17) is 0 Å². The lowest BCUT2D eigenvalue weighted by molar-refractivity contribution is -0.117. The molecule has 0 fully saturated rings. The van der Waals surface area contributed by atoms with Gasteiger partial charge in [-0.1, -0.05) is 20.3 Å². The van der Waals surface area contributed by atoms with Gasteiger partial charge < -0.3 is 5.32 Å². The van der Waals surface area contributed by atoms with Crippen LogP contribution in [-0.4, -0.2) is 25.5 Å². The number of allylic oxidation sites excluding steroid dienone is 1. The molecule has 1 atom stereocenters. The van der Waals surface area contributed by atoms with E-state index >= 15 is 0 Å². The molecular formula is C12H21FN2O. The molecule has 0 spiro atoms. The number of carbonyl (C=O) groups excluding carboxylic acids is 1. The normalized spacial score (nSPS) is 14.8. The molecule has 0 aromatic rings. The fraction of sp³-hybridized carbons (Fsp3) is 0.667. The quantitative estimate of drug-likeness (QED) is 0.550. The lowest BCUT2D eigenvalue weighted by Crippen LogP contribution is -2.29. The number of halogens is 1. The van der Waals surface area contributed by atoms with Gasteiger partial charge in [0.25, 0.3) is 0 Å². The van der Waals surface area contributed by atoms with Gasteiger partial charge in [-0.05, 0) is 19.3 Å². The van der Waals surface area contributed by atoms with Crippen LogP contribution in [0.2, 0.25) is 0 Å². The van der Waals surface area contributed by atoms with Crippen molar-refractivity contribution < 1.29 is 9.18 Å². The molecular weight excluding hydrogens is 207 g/mol. The molecule has 0 saturated carbocycles. The van der Waals surface area contributed by atoms with Gasteiger partial charge in [-0.2, -0.15) is 4.39 Å². The zero-order valence-corrected chi connectivity index (χ0v) is 10.5. The van der Waals surface area contributed by atoms with E-state index in [1.165, 1.54) is 7.05 Å². The third-order valence-corrected chi connectivity index (χ3v) is 2.30. The third kappa shape index (κ3) is 6.32. The Morgan fingerprint density at radius 2 is 2.19 bits per heavy atom. The molecule has 0 aliphatic rings. The highest BCUT2D eigenvalue weighted by Crippen LogP contribution is 2.03. The number of nitrogens with one attached hydrogen (secondary N) is 1. The SMILES string of the molecule is CCCC(C)CNC(=O)/C(C)=C/C(F)=NC. The topological polar surface area (TPSA) is 41.5 Å². The van der Waals surface area contributed by atoms with Crippen molar-refractivity contribution in [2.24, 2.45) is 10.9 Å². The molecule has 0 aromatic heterocycles. The van der Waals surface area contributed by atoms with Crippen LogP contribution in [0.5, 0.6) is 0 Å². The van der Waals surface area contributed by atoms with Crippen LogP contribution in [0.15, 0.2) is 16.6 Å². The molecule has 92 valence electrons. The second-order valence-corrected chi connectivity index (χ2v) is 3.98. The minimum absolute atomic E-state index is 0.234. The van der Waals surface area contributed by atoms with Gasteiger partial charge in [-0.3, -0.25) is 9.79 Å². The number of carbonyl (C=O) groups is 1. The van der Waals surface area contributed by atoms with E-state index in [0.717, 1.165) is 18.9 Å². The predicted molar refractivity (Wildman–Crippen MR) is 65.3 cm³/mol. The van der Waals surface area contributed by atoms with Crippen LogP contribution in [0.4, 0.5) is 4.39 Å². The first-order valence-electron chi connectivity index (χ1n) is 5.60. The summed E-state index contributed by atoms with van der Waals surface area (Å²) in [5.74, 6) is -0.414. The van der Waals surface area contributed by atoms with Gasteiger partial charge in [0, 0.05) is 25.2 Å². The lowest BCUT2D eigenvalue weighted by atomic mass is 10.1. The van der Waals surface area contributed by atoms with Gasteiger partial charge in [0.15, 0.2) is 0 Å². The van der Waals surface area contributed by atoms with E-state index in [9.17, 15) is 9.18 Å². The van der Waals surface area contributed by atoms with Crippen molar-refractivity contribution in [3.05, 3.63) is 11.6 Å². The van der Waals surface area contributed by atoms with Gasteiger partial charge in [-0.15, -0.1) is 0 Å². The molecule has 0 saturated heterocycles. The number of rotatable bonds is 6. The van der Waals surface area contributed by atoms with E-state index in [1.54, 1.807) is 6.92 Å². The highest BCUT2D eigenvalue weighted by molar-refractivity contribution is 6.00. The fourth-order valence-corrected chi connectivity index (χ4v) is 1.31. The summed E-state index contributed by atoms with van der Waals surface area (Å²) in [4.78, 5) is 14.8. The molecule has 4 heteroatoms. The third-order valence-electron chi connectivity index (χ3n) is 2.30. The monoisotopic (exact) mass is 228 g/mol. The molecule has 0 heterocycles. The Balaban J connectivity index is 4.12. The smallest absolute Gasteiger partial charge is 0.247 e. The lowest BCUT2D eigenvalue weighted by Gasteiger charge is -2.11. The highest BCUT2D eigenvalue weighted by atomic mass is 19.1. The van der Waals surface area contributed by atoms with Crippen molar-refractivity contribution in [2.45, 2.75) is 33.6 Å². The molecule has 1 N–H and O–H groups in total. The summed E-state index contributed by atoms with van der Waals surface area (Å²) in [5.41, 5.74) is 0.340. The summed E-state index contributed by atoms with van der Waals surface area (Å²) < 4.78 is 12.8. The van der Waals surface area contributed by atoms with Gasteiger partial charge in [0.05, 0.1) is 0 Å². The molecule has 0 radical (unpaired) electrons. The Labute approximate surface area is 96.8 Å². The van der Waals surface area contributed by atoms with Crippen LogP contribution < -0.4 is 5.32 Å². The Kier molecular flexibility index (Phi) is 7.42. The number of hydrogen-bond acceptors (Lipinski definition) is 2. The second-order valence-electron chi connectivity index (χ2n) is 3.98. The molecule has 0 bridgehead atoms. The van der Waals surface area contributed by atoms with Crippen molar-refractivity contribution in [2.75, 3.05) is 13.6 Å². The van der Waals surface area contributed by atoms with E-state index in [-0.39, 0.29) is 5.91 Å². The Morgan fingerprint density at radius 1 is 1.56 bits per heavy atom. The Morgan fingerprint density at radius 3 is 2.69 bits per heavy atom. The van der Waals surface area contributed by atoms with Crippen molar-refractivity contribution >= 4 is 11.9 Å². The van der Waals surface area contributed by atoms with Crippen LogP contribution in [0.25, 0.3) is 0 Å². The average Bonchev–Trinajstić information content (AvgIpc) is 2.25. The van der Waals surface area contributed by atoms with E-state index in [0.29, 0.717) is 18.0 Å². The van der Waals surface area contributed by atoms with E-state index in [1.807, 2.05) is 0 Å². The first-order chi connectivity index (χ1) is 7.51. The molecule has 0 aliphatic heterocycles. The number of hydrogen-bond donors (Lipinski definition) is 1. The van der Waals surface area contributed by atoms with Gasteiger partial charge >= 0.3 is 0 Å². The molecule has 0 rings (SSSR count). The van der Waals surface area contributed by atoms with E-state index < -0.39 is 5.97 Å². The summed E-state index contributed by atoms with van der Waals surface area (Å²) in [6.07, 6.45) is 3.32. The van der Waals surface area contributed by atoms with Crippen LogP contribution in [0.3, 0.4) is 0 Å². The summed E-state index contributed by atoms with van der Waals surface area (Å²) in [6.45, 7) is 6.39. The Hall–Kier alpha value is -1.19. The zero-order chi connectivity index (χ0) is 12.6.